The monoisotopic (exact) mass is 348 g/mol. The lowest BCUT2D eigenvalue weighted by atomic mass is 9.86. The smallest absolute Gasteiger partial charge is 0.333 e. The van der Waals surface area contributed by atoms with Crippen molar-refractivity contribution in [3.63, 3.8) is 0 Å². The minimum atomic E-state index is -0.725. The third-order valence-corrected chi connectivity index (χ3v) is 5.61. The van der Waals surface area contributed by atoms with Gasteiger partial charge in [-0.1, -0.05) is 19.8 Å². The fraction of sp³-hybridized carbons (Fsp3) is 0.706. The number of carbonyl (C=O) groups excluding carboxylic acids is 3. The summed E-state index contributed by atoms with van der Waals surface area (Å²) >= 11 is 0. The average molecular weight is 348 g/mol. The molecule has 8 nitrogen and oxygen atoms in total. The summed E-state index contributed by atoms with van der Waals surface area (Å²) in [4.78, 5) is 43.9. The van der Waals surface area contributed by atoms with Crippen LogP contribution in [-0.4, -0.2) is 76.6 Å². The van der Waals surface area contributed by atoms with Crippen molar-refractivity contribution < 1.29 is 19.0 Å². The molecule has 0 aromatic heterocycles. The molecular formula is C17H26N5O3+. The van der Waals surface area contributed by atoms with Gasteiger partial charge in [0.1, 0.15) is 0 Å². The van der Waals surface area contributed by atoms with Crippen LogP contribution in [-0.2, 0) is 9.59 Å². The molecule has 0 spiro atoms. The molecule has 1 saturated heterocycles. The highest BCUT2D eigenvalue weighted by molar-refractivity contribution is 6.21. The first-order valence-corrected chi connectivity index (χ1v) is 8.87. The number of nitrogens with zero attached hydrogens (tertiary/aromatic N) is 4. The predicted molar refractivity (Wildman–Crippen MR) is 92.5 cm³/mol. The minimum absolute atomic E-state index is 0.110. The van der Waals surface area contributed by atoms with Gasteiger partial charge >= 0.3 is 6.03 Å². The van der Waals surface area contributed by atoms with Crippen LogP contribution in [0.4, 0.5) is 4.79 Å². The van der Waals surface area contributed by atoms with Gasteiger partial charge in [-0.05, 0) is 30.7 Å². The van der Waals surface area contributed by atoms with E-state index in [1.54, 1.807) is 18.5 Å². The summed E-state index contributed by atoms with van der Waals surface area (Å²) in [6.45, 7) is 3.93. The maximum atomic E-state index is 12.7. The summed E-state index contributed by atoms with van der Waals surface area (Å²) in [7, 11) is 3.03. The van der Waals surface area contributed by atoms with E-state index >= 15 is 0 Å². The Morgan fingerprint density at radius 2 is 1.96 bits per heavy atom. The van der Waals surface area contributed by atoms with Gasteiger partial charge in [-0.15, -0.1) is 0 Å². The standard InChI is InChI=1S/C17H25N5O3/c1-10-7-5-6-8-12(10)19-15(23)11(2)22-9-18-14-13(22)16(24)21(4)17(25)20(14)3/h9-13H,5-8H2,1-4H3/p+1. The number of urea groups is 1. The summed E-state index contributed by atoms with van der Waals surface area (Å²) in [5, 5.41) is 3.13. The first-order valence-electron chi connectivity index (χ1n) is 8.87. The zero-order valence-electron chi connectivity index (χ0n) is 15.2. The highest BCUT2D eigenvalue weighted by Gasteiger charge is 2.52. The molecule has 0 aromatic rings. The predicted octanol–water partition coefficient (Wildman–Crippen LogP) is 0.415. The number of carbonyl (C=O) groups is 3. The maximum Gasteiger partial charge on any atom is 0.333 e. The SMILES string of the molecule is CC1CCCCC1NC(=O)C(C)[N+]1=CN=C2C1C(=O)N(C)C(=O)N2C. The summed E-state index contributed by atoms with van der Waals surface area (Å²) in [5.74, 6) is 0.368. The quantitative estimate of drug-likeness (QED) is 0.750. The van der Waals surface area contributed by atoms with Crippen LogP contribution >= 0.6 is 0 Å². The van der Waals surface area contributed by atoms with Crippen LogP contribution in [0.5, 0.6) is 0 Å². The second-order valence-electron chi connectivity index (χ2n) is 7.24. The zero-order valence-corrected chi connectivity index (χ0v) is 15.2. The Balaban J connectivity index is 1.73. The van der Waals surface area contributed by atoms with E-state index in [9.17, 15) is 14.4 Å². The van der Waals surface area contributed by atoms with Crippen molar-refractivity contribution in [2.45, 2.75) is 57.7 Å². The Morgan fingerprint density at radius 1 is 1.28 bits per heavy atom. The number of rotatable bonds is 3. The first kappa shape index (κ1) is 17.6. The van der Waals surface area contributed by atoms with E-state index in [4.69, 9.17) is 0 Å². The topological polar surface area (TPSA) is 85.1 Å². The molecule has 1 aliphatic carbocycles. The summed E-state index contributed by atoms with van der Waals surface area (Å²) in [6, 6.07) is -1.50. The van der Waals surface area contributed by atoms with Crippen molar-refractivity contribution in [1.29, 1.82) is 0 Å². The van der Waals surface area contributed by atoms with E-state index < -0.39 is 18.1 Å². The van der Waals surface area contributed by atoms with Crippen molar-refractivity contribution in [3.8, 4) is 0 Å². The Hall–Kier alpha value is -2.25. The lowest BCUT2D eigenvalue weighted by molar-refractivity contribution is -0.552. The van der Waals surface area contributed by atoms with E-state index in [0.717, 1.165) is 24.2 Å². The van der Waals surface area contributed by atoms with Crippen molar-refractivity contribution in [2.75, 3.05) is 14.1 Å². The molecule has 4 atom stereocenters. The van der Waals surface area contributed by atoms with Gasteiger partial charge < -0.3 is 5.32 Å². The minimum Gasteiger partial charge on any atom is -0.349 e. The van der Waals surface area contributed by atoms with Gasteiger partial charge in [0.15, 0.2) is 6.04 Å². The Kier molecular flexibility index (Phi) is 4.62. The molecule has 25 heavy (non-hydrogen) atoms. The number of imide groups is 1. The van der Waals surface area contributed by atoms with E-state index in [2.05, 4.69) is 17.2 Å². The molecule has 1 saturated carbocycles. The second-order valence-corrected chi connectivity index (χ2v) is 7.24. The normalized spacial score (nSPS) is 30.6. The number of hydrogen-bond acceptors (Lipinski definition) is 4. The summed E-state index contributed by atoms with van der Waals surface area (Å²) in [5.41, 5.74) is 0. The molecule has 136 valence electrons. The Labute approximate surface area is 147 Å². The summed E-state index contributed by atoms with van der Waals surface area (Å²) < 4.78 is 1.64. The highest BCUT2D eigenvalue weighted by Crippen LogP contribution is 2.24. The molecule has 4 amide bonds. The van der Waals surface area contributed by atoms with Gasteiger partial charge in [0.05, 0.1) is 0 Å². The zero-order chi connectivity index (χ0) is 18.3. The molecule has 8 heteroatoms. The van der Waals surface area contributed by atoms with Gasteiger partial charge in [-0.25, -0.2) is 9.37 Å². The fourth-order valence-corrected chi connectivity index (χ4v) is 3.80. The Morgan fingerprint density at radius 3 is 2.64 bits per heavy atom. The number of hydrogen-bond donors (Lipinski definition) is 1. The van der Waals surface area contributed by atoms with Crippen LogP contribution in [0, 0.1) is 5.92 Å². The van der Waals surface area contributed by atoms with Gasteiger partial charge in [-0.3, -0.25) is 19.4 Å². The molecule has 2 fully saturated rings. The van der Waals surface area contributed by atoms with Crippen LogP contribution in [0.3, 0.4) is 0 Å². The van der Waals surface area contributed by atoms with Gasteiger partial charge in [0.25, 0.3) is 30.0 Å². The number of nitrogens with one attached hydrogen (secondary N) is 1. The van der Waals surface area contributed by atoms with Crippen molar-refractivity contribution in [3.05, 3.63) is 0 Å². The van der Waals surface area contributed by atoms with Crippen molar-refractivity contribution in [1.82, 2.24) is 15.1 Å². The number of amides is 4. The number of aliphatic imine (C=N–C) groups is 1. The second kappa shape index (κ2) is 6.57. The molecule has 1 N–H and O–H groups in total. The highest BCUT2D eigenvalue weighted by atomic mass is 16.2. The number of likely N-dealkylation sites (N-methyl/N-ethyl adjacent to an activating group) is 2. The lowest BCUT2D eigenvalue weighted by Gasteiger charge is -2.33. The molecular weight excluding hydrogens is 322 g/mol. The molecule has 4 unspecified atom stereocenters. The average Bonchev–Trinajstić information content (AvgIpc) is 3.04. The van der Waals surface area contributed by atoms with Crippen LogP contribution < -0.4 is 5.32 Å². The van der Waals surface area contributed by atoms with Crippen molar-refractivity contribution in [2.24, 2.45) is 10.9 Å². The summed E-state index contributed by atoms with van der Waals surface area (Å²) in [6.07, 6.45) is 5.96. The van der Waals surface area contributed by atoms with Gasteiger partial charge in [0.2, 0.25) is 0 Å². The Bertz CT molecular complexity index is 671. The number of fused-ring (bicyclic) bond motifs is 1. The number of amidine groups is 1. The van der Waals surface area contributed by atoms with E-state index in [1.807, 2.05) is 0 Å². The van der Waals surface area contributed by atoms with Crippen molar-refractivity contribution >= 4 is 30.0 Å². The molecule has 2 heterocycles. The van der Waals surface area contributed by atoms with Crippen LogP contribution in [0.25, 0.3) is 0 Å². The third kappa shape index (κ3) is 2.94. The maximum absolute atomic E-state index is 12.7. The molecule has 0 aromatic carbocycles. The molecule has 0 bridgehead atoms. The van der Waals surface area contributed by atoms with Gasteiger partial charge in [-0.2, -0.15) is 0 Å². The molecule has 2 aliphatic heterocycles. The third-order valence-electron chi connectivity index (χ3n) is 5.61. The van der Waals surface area contributed by atoms with E-state index in [1.165, 1.54) is 24.7 Å². The molecule has 3 aliphatic rings. The van der Waals surface area contributed by atoms with Gasteiger partial charge in [0, 0.05) is 20.1 Å². The van der Waals surface area contributed by atoms with E-state index in [0.29, 0.717) is 11.8 Å². The van der Waals surface area contributed by atoms with Crippen LogP contribution in [0.1, 0.15) is 39.5 Å². The van der Waals surface area contributed by atoms with Crippen LogP contribution in [0.2, 0.25) is 0 Å². The molecule has 0 radical (unpaired) electrons. The first-order chi connectivity index (χ1) is 11.8. The molecule has 3 rings (SSSR count). The fourth-order valence-electron chi connectivity index (χ4n) is 3.80. The van der Waals surface area contributed by atoms with E-state index in [-0.39, 0.29) is 17.9 Å². The lowest BCUT2D eigenvalue weighted by Crippen LogP contribution is -2.63. The van der Waals surface area contributed by atoms with Crippen LogP contribution in [0.15, 0.2) is 4.99 Å². The largest absolute Gasteiger partial charge is 0.349 e.